The van der Waals surface area contributed by atoms with Crippen molar-refractivity contribution in [2.24, 2.45) is 0 Å². The first-order chi connectivity index (χ1) is 10.9. The number of fused-ring (bicyclic) bond motifs is 1. The summed E-state index contributed by atoms with van der Waals surface area (Å²) in [5.74, 6) is 0.244. The van der Waals surface area contributed by atoms with Gasteiger partial charge in [-0.3, -0.25) is 4.79 Å². The first-order valence-electron chi connectivity index (χ1n) is 7.37. The molecule has 1 unspecified atom stereocenters. The molecule has 0 radical (unpaired) electrons. The van der Waals surface area contributed by atoms with E-state index in [2.05, 4.69) is 5.32 Å². The highest BCUT2D eigenvalue weighted by molar-refractivity contribution is 6.32. The number of methoxy groups -OCH3 is 1. The average Bonchev–Trinajstić information content (AvgIpc) is 2.53. The molecule has 126 valence electrons. The smallest absolute Gasteiger partial charge is 0.331 e. The Balaban J connectivity index is 2.11. The minimum absolute atomic E-state index is 0.0724. The van der Waals surface area contributed by atoms with Crippen molar-refractivity contribution in [3.8, 4) is 11.5 Å². The van der Waals surface area contributed by atoms with Crippen LogP contribution >= 0.6 is 11.6 Å². The molecule has 0 fully saturated rings. The lowest BCUT2D eigenvalue weighted by Crippen LogP contribution is -2.52. The summed E-state index contributed by atoms with van der Waals surface area (Å²) in [6, 6.07) is 3.39. The zero-order valence-electron chi connectivity index (χ0n) is 13.4. The summed E-state index contributed by atoms with van der Waals surface area (Å²) in [6.07, 6.45) is 0.496. The van der Waals surface area contributed by atoms with Gasteiger partial charge in [-0.15, -0.1) is 0 Å². The van der Waals surface area contributed by atoms with Crippen LogP contribution in [0.5, 0.6) is 11.5 Å². The van der Waals surface area contributed by atoms with Gasteiger partial charge in [0.15, 0.2) is 11.5 Å². The zero-order chi connectivity index (χ0) is 17.0. The van der Waals surface area contributed by atoms with Crippen LogP contribution in [0, 0.1) is 0 Å². The number of ether oxygens (including phenoxy) is 3. The number of rotatable bonds is 5. The molecule has 1 atom stereocenters. The molecule has 0 saturated carbocycles. The first kappa shape index (κ1) is 17.4. The molecule has 1 aliphatic rings. The van der Waals surface area contributed by atoms with E-state index in [0.29, 0.717) is 41.7 Å². The molecule has 1 N–H and O–H groups in total. The normalized spacial score (nSPS) is 15.5. The Kier molecular flexibility index (Phi) is 5.36. The van der Waals surface area contributed by atoms with E-state index in [9.17, 15) is 9.59 Å². The molecule has 0 spiro atoms. The van der Waals surface area contributed by atoms with Crippen LogP contribution in [0.25, 0.3) is 0 Å². The summed E-state index contributed by atoms with van der Waals surface area (Å²) in [6.45, 7) is 4.32. The van der Waals surface area contributed by atoms with Crippen molar-refractivity contribution in [1.82, 2.24) is 5.32 Å². The highest BCUT2D eigenvalue weighted by Gasteiger charge is 2.34. The van der Waals surface area contributed by atoms with E-state index in [1.165, 1.54) is 7.11 Å². The molecule has 0 aromatic heterocycles. The van der Waals surface area contributed by atoms with Gasteiger partial charge in [0.05, 0.1) is 18.6 Å². The zero-order valence-corrected chi connectivity index (χ0v) is 14.2. The summed E-state index contributed by atoms with van der Waals surface area (Å²) in [5.41, 5.74) is -0.372. The number of carbonyl (C=O) groups excluding carboxylic acids is 2. The number of benzene rings is 1. The molecular weight excluding hydrogens is 322 g/mol. The standard InChI is InChI=1S/C16H20ClNO5/c1-4-16(2,15(20)21-3)18-13(19)9-10-7-11(17)14-12(8-10)22-5-6-23-14/h7-8H,4-6,9H2,1-3H3,(H,18,19). The summed E-state index contributed by atoms with van der Waals surface area (Å²) in [7, 11) is 1.29. The second-order valence-corrected chi connectivity index (χ2v) is 5.91. The summed E-state index contributed by atoms with van der Waals surface area (Å²) < 4.78 is 15.7. The Bertz CT molecular complexity index is 619. The van der Waals surface area contributed by atoms with Gasteiger partial charge in [-0.05, 0) is 31.0 Å². The van der Waals surface area contributed by atoms with E-state index < -0.39 is 11.5 Å². The van der Waals surface area contributed by atoms with Gasteiger partial charge in [0, 0.05) is 0 Å². The molecule has 0 bridgehead atoms. The van der Waals surface area contributed by atoms with Gasteiger partial charge in [0.25, 0.3) is 0 Å². The molecule has 2 rings (SSSR count). The fourth-order valence-corrected chi connectivity index (χ4v) is 2.60. The number of nitrogens with one attached hydrogen (secondary N) is 1. The van der Waals surface area contributed by atoms with Gasteiger partial charge in [0.1, 0.15) is 18.8 Å². The van der Waals surface area contributed by atoms with Crippen LogP contribution in [0.15, 0.2) is 12.1 Å². The number of esters is 1. The third-order valence-electron chi connectivity index (χ3n) is 3.78. The predicted molar refractivity (Wildman–Crippen MR) is 85.0 cm³/mol. The van der Waals surface area contributed by atoms with E-state index in [1.807, 2.05) is 0 Å². The lowest BCUT2D eigenvalue weighted by atomic mass is 9.98. The molecule has 0 saturated heterocycles. The van der Waals surface area contributed by atoms with Crippen molar-refractivity contribution in [2.75, 3.05) is 20.3 Å². The third kappa shape index (κ3) is 3.88. The maximum Gasteiger partial charge on any atom is 0.331 e. The Labute approximate surface area is 140 Å². The van der Waals surface area contributed by atoms with E-state index in [4.69, 9.17) is 25.8 Å². The number of hydrogen-bond acceptors (Lipinski definition) is 5. The molecule has 0 aliphatic carbocycles. The van der Waals surface area contributed by atoms with Crippen molar-refractivity contribution in [2.45, 2.75) is 32.2 Å². The summed E-state index contributed by atoms with van der Waals surface area (Å²) >= 11 is 6.15. The number of carbonyl (C=O) groups is 2. The predicted octanol–water partition coefficient (Wildman–Crippen LogP) is 2.11. The van der Waals surface area contributed by atoms with Crippen LogP contribution < -0.4 is 14.8 Å². The Morgan fingerprint density at radius 1 is 1.35 bits per heavy atom. The van der Waals surface area contributed by atoms with Gasteiger partial charge in [0.2, 0.25) is 5.91 Å². The number of amides is 1. The van der Waals surface area contributed by atoms with Crippen molar-refractivity contribution >= 4 is 23.5 Å². The van der Waals surface area contributed by atoms with E-state index >= 15 is 0 Å². The first-order valence-corrected chi connectivity index (χ1v) is 7.75. The molecule has 23 heavy (non-hydrogen) atoms. The maximum absolute atomic E-state index is 12.3. The van der Waals surface area contributed by atoms with Gasteiger partial charge in [-0.2, -0.15) is 0 Å². The van der Waals surface area contributed by atoms with Crippen molar-refractivity contribution in [1.29, 1.82) is 0 Å². The lowest BCUT2D eigenvalue weighted by molar-refractivity contribution is -0.150. The molecule has 7 heteroatoms. The Morgan fingerprint density at radius 2 is 2.04 bits per heavy atom. The maximum atomic E-state index is 12.3. The fraction of sp³-hybridized carbons (Fsp3) is 0.500. The largest absolute Gasteiger partial charge is 0.486 e. The highest BCUT2D eigenvalue weighted by atomic mass is 35.5. The molecule has 1 amide bonds. The lowest BCUT2D eigenvalue weighted by Gasteiger charge is -2.26. The van der Waals surface area contributed by atoms with Gasteiger partial charge < -0.3 is 19.5 Å². The van der Waals surface area contributed by atoms with Crippen LogP contribution in [0.3, 0.4) is 0 Å². The van der Waals surface area contributed by atoms with E-state index in [0.717, 1.165) is 0 Å². The SMILES string of the molecule is CCC(C)(NC(=O)Cc1cc(Cl)c2c(c1)OCCO2)C(=O)OC. The van der Waals surface area contributed by atoms with Crippen molar-refractivity contribution < 1.29 is 23.8 Å². The Morgan fingerprint density at radius 3 is 2.70 bits per heavy atom. The van der Waals surface area contributed by atoms with Crippen LogP contribution in [0.2, 0.25) is 5.02 Å². The molecule has 1 aliphatic heterocycles. The fourth-order valence-electron chi connectivity index (χ4n) is 2.31. The van der Waals surface area contributed by atoms with Crippen molar-refractivity contribution in [3.63, 3.8) is 0 Å². The van der Waals surface area contributed by atoms with Crippen LogP contribution in [-0.2, 0) is 20.7 Å². The summed E-state index contributed by atoms with van der Waals surface area (Å²) in [4.78, 5) is 24.1. The highest BCUT2D eigenvalue weighted by Crippen LogP contribution is 2.38. The number of halogens is 1. The molecular formula is C16H20ClNO5. The topological polar surface area (TPSA) is 73.9 Å². The van der Waals surface area contributed by atoms with E-state index in [1.54, 1.807) is 26.0 Å². The van der Waals surface area contributed by atoms with Gasteiger partial charge in [-0.25, -0.2) is 4.79 Å². The molecule has 1 heterocycles. The van der Waals surface area contributed by atoms with Crippen LogP contribution in [0.4, 0.5) is 0 Å². The minimum Gasteiger partial charge on any atom is -0.486 e. The Hall–Kier alpha value is -1.95. The molecule has 6 nitrogen and oxygen atoms in total. The van der Waals surface area contributed by atoms with E-state index in [-0.39, 0.29) is 12.3 Å². The summed E-state index contributed by atoms with van der Waals surface area (Å²) in [5, 5.41) is 3.11. The van der Waals surface area contributed by atoms with Crippen molar-refractivity contribution in [3.05, 3.63) is 22.7 Å². The third-order valence-corrected chi connectivity index (χ3v) is 4.06. The molecule has 1 aromatic carbocycles. The van der Waals surface area contributed by atoms with Crippen LogP contribution in [0.1, 0.15) is 25.8 Å². The van der Waals surface area contributed by atoms with Gasteiger partial charge in [-0.1, -0.05) is 18.5 Å². The second kappa shape index (κ2) is 7.08. The quantitative estimate of drug-likeness (QED) is 0.830. The number of hydrogen-bond donors (Lipinski definition) is 1. The molecule has 1 aromatic rings. The van der Waals surface area contributed by atoms with Gasteiger partial charge >= 0.3 is 5.97 Å². The monoisotopic (exact) mass is 341 g/mol. The average molecular weight is 342 g/mol. The minimum atomic E-state index is -1.05. The van der Waals surface area contributed by atoms with Crippen LogP contribution in [-0.4, -0.2) is 37.7 Å². The second-order valence-electron chi connectivity index (χ2n) is 5.50.